The molecular weight excluding hydrogens is 609 g/mol. The average Bonchev–Trinajstić information content (AvgIpc) is 3.14. The molecule has 0 aliphatic carbocycles. The van der Waals surface area contributed by atoms with Crippen molar-refractivity contribution in [3.05, 3.63) is 149 Å². The fourth-order valence-corrected chi connectivity index (χ4v) is 6.89. The summed E-state index contributed by atoms with van der Waals surface area (Å²) in [5.41, 5.74) is 6.50. The van der Waals surface area contributed by atoms with Gasteiger partial charge in [-0.15, -0.1) is 11.8 Å². The first-order valence-corrected chi connectivity index (χ1v) is 16.6. The van der Waals surface area contributed by atoms with Crippen LogP contribution in [-0.2, 0) is 22.6 Å². The molecule has 7 nitrogen and oxygen atoms in total. The van der Waals surface area contributed by atoms with Gasteiger partial charge in [0.15, 0.2) is 6.29 Å². The van der Waals surface area contributed by atoms with Crippen LogP contribution in [0.1, 0.15) is 51.9 Å². The number of pyridine rings is 1. The van der Waals surface area contributed by atoms with Crippen molar-refractivity contribution >= 4 is 17.7 Å². The molecule has 1 aliphatic rings. The number of aliphatic hydroxyl groups is 1. The van der Waals surface area contributed by atoms with E-state index in [-0.39, 0.29) is 30.6 Å². The van der Waals surface area contributed by atoms with Crippen molar-refractivity contribution in [2.24, 2.45) is 5.92 Å². The molecular formula is C39H38N2O5S. The van der Waals surface area contributed by atoms with Crippen LogP contribution < -0.4 is 10.1 Å². The first kappa shape index (κ1) is 32.5. The lowest BCUT2D eigenvalue weighted by atomic mass is 9.91. The van der Waals surface area contributed by atoms with Gasteiger partial charge in [-0.2, -0.15) is 0 Å². The second-order valence-electron chi connectivity index (χ2n) is 11.5. The van der Waals surface area contributed by atoms with E-state index in [2.05, 4.69) is 59.7 Å². The molecule has 240 valence electrons. The summed E-state index contributed by atoms with van der Waals surface area (Å²) in [4.78, 5) is 17.6. The number of nitrogens with zero attached hydrogens (tertiary/aromatic N) is 1. The first-order valence-electron chi connectivity index (χ1n) is 15.7. The third kappa shape index (κ3) is 7.92. The van der Waals surface area contributed by atoms with Crippen LogP contribution in [0, 0.1) is 5.92 Å². The predicted molar refractivity (Wildman–Crippen MR) is 184 cm³/mol. The van der Waals surface area contributed by atoms with Gasteiger partial charge in [-0.05, 0) is 58.1 Å². The average molecular weight is 647 g/mol. The smallest absolute Gasteiger partial charge is 0.253 e. The zero-order valence-corrected chi connectivity index (χ0v) is 27.2. The van der Waals surface area contributed by atoms with Crippen molar-refractivity contribution in [2.75, 3.05) is 12.9 Å². The molecule has 1 fully saturated rings. The topological polar surface area (TPSA) is 89.9 Å². The molecule has 8 heteroatoms. The van der Waals surface area contributed by atoms with E-state index in [4.69, 9.17) is 14.2 Å². The van der Waals surface area contributed by atoms with E-state index in [1.807, 2.05) is 54.6 Å². The number of aliphatic hydroxyl groups excluding tert-OH is 1. The lowest BCUT2D eigenvalue weighted by molar-refractivity contribution is -0.268. The lowest BCUT2D eigenvalue weighted by Crippen LogP contribution is -2.38. The molecule has 2 N–H and O–H groups in total. The van der Waals surface area contributed by atoms with Gasteiger partial charge in [0.1, 0.15) is 5.75 Å². The Hall–Kier alpha value is -4.47. The number of ether oxygens (including phenoxy) is 3. The number of nitrogens with one attached hydrogen (secondary N) is 1. The summed E-state index contributed by atoms with van der Waals surface area (Å²) in [6.45, 7) is 2.58. The summed E-state index contributed by atoms with van der Waals surface area (Å²) in [6.07, 6.45) is 2.37. The number of methoxy groups -OCH3 is 1. The summed E-state index contributed by atoms with van der Waals surface area (Å²) in [7, 11) is 1.69. The van der Waals surface area contributed by atoms with Crippen molar-refractivity contribution in [1.29, 1.82) is 0 Å². The van der Waals surface area contributed by atoms with Gasteiger partial charge in [-0.25, -0.2) is 0 Å². The fraction of sp³-hybridized carbons (Fsp3) is 0.231. The number of aromatic nitrogens is 1. The molecule has 1 amide bonds. The number of hydrogen-bond donors (Lipinski definition) is 2. The second-order valence-corrected chi connectivity index (χ2v) is 12.6. The lowest BCUT2D eigenvalue weighted by Gasteiger charge is -2.41. The van der Waals surface area contributed by atoms with Crippen molar-refractivity contribution in [3.63, 3.8) is 0 Å². The Morgan fingerprint density at radius 3 is 2.40 bits per heavy atom. The minimum atomic E-state index is -0.555. The van der Waals surface area contributed by atoms with E-state index >= 15 is 0 Å². The van der Waals surface area contributed by atoms with E-state index in [0.29, 0.717) is 12.1 Å². The van der Waals surface area contributed by atoms with Gasteiger partial charge in [0.25, 0.3) is 5.91 Å². The van der Waals surface area contributed by atoms with Crippen molar-refractivity contribution < 1.29 is 24.1 Å². The van der Waals surface area contributed by atoms with Gasteiger partial charge >= 0.3 is 0 Å². The van der Waals surface area contributed by atoms with Crippen LogP contribution in [0.2, 0.25) is 0 Å². The highest BCUT2D eigenvalue weighted by Crippen LogP contribution is 2.44. The van der Waals surface area contributed by atoms with Gasteiger partial charge in [0.2, 0.25) is 0 Å². The van der Waals surface area contributed by atoms with Gasteiger partial charge in [-0.3, -0.25) is 9.78 Å². The monoisotopic (exact) mass is 646 g/mol. The highest BCUT2D eigenvalue weighted by atomic mass is 32.2. The van der Waals surface area contributed by atoms with Crippen LogP contribution in [-0.4, -0.2) is 35.0 Å². The van der Waals surface area contributed by atoms with E-state index < -0.39 is 6.29 Å². The maximum atomic E-state index is 12.5. The molecule has 0 spiro atoms. The number of hydrogen-bond acceptors (Lipinski definition) is 7. The molecule has 4 atom stereocenters. The zero-order valence-electron chi connectivity index (χ0n) is 26.4. The zero-order chi connectivity index (χ0) is 32.6. The third-order valence-corrected chi connectivity index (χ3v) is 9.56. The quantitative estimate of drug-likeness (QED) is 0.142. The molecule has 4 aromatic carbocycles. The Balaban J connectivity index is 1.19. The number of benzene rings is 4. The predicted octanol–water partition coefficient (Wildman–Crippen LogP) is 7.76. The number of rotatable bonds is 11. The molecule has 6 rings (SSSR count). The Kier molecular flexibility index (Phi) is 10.6. The molecule has 0 saturated carbocycles. The highest BCUT2D eigenvalue weighted by Gasteiger charge is 2.38. The van der Waals surface area contributed by atoms with Gasteiger partial charge < -0.3 is 24.6 Å². The van der Waals surface area contributed by atoms with Crippen molar-refractivity contribution in [2.45, 2.75) is 43.5 Å². The molecule has 47 heavy (non-hydrogen) atoms. The number of para-hydroxylation sites is 1. The molecule has 1 saturated heterocycles. The SMILES string of the molecule is COc1ccccc1SC[C@@H]1O[C@H](c2ccc(-c3cccc(CNC(=O)c4cccnc4)c3)cc2)O[C@H](c2ccc(CO)cc2)[C@@H]1C. The molecule has 1 aliphatic heterocycles. The Bertz CT molecular complexity index is 1770. The largest absolute Gasteiger partial charge is 0.496 e. The number of carbonyl (C=O) groups is 1. The summed E-state index contributed by atoms with van der Waals surface area (Å²) in [5.74, 6) is 1.50. The maximum Gasteiger partial charge on any atom is 0.253 e. The van der Waals surface area contributed by atoms with Crippen LogP contribution in [0.3, 0.4) is 0 Å². The molecule has 0 bridgehead atoms. The minimum Gasteiger partial charge on any atom is -0.496 e. The Labute approximate surface area is 279 Å². The van der Waals surface area contributed by atoms with Crippen LogP contribution in [0.25, 0.3) is 11.1 Å². The molecule has 2 heterocycles. The van der Waals surface area contributed by atoms with E-state index in [0.717, 1.165) is 49.8 Å². The minimum absolute atomic E-state index is 0.000557. The second kappa shape index (κ2) is 15.4. The number of thioether (sulfide) groups is 1. The first-order chi connectivity index (χ1) is 23.0. The highest BCUT2D eigenvalue weighted by molar-refractivity contribution is 7.99. The van der Waals surface area contributed by atoms with E-state index in [1.165, 1.54) is 0 Å². The van der Waals surface area contributed by atoms with Crippen molar-refractivity contribution in [3.8, 4) is 16.9 Å². The van der Waals surface area contributed by atoms with E-state index in [9.17, 15) is 9.90 Å². The van der Waals surface area contributed by atoms with Gasteiger partial charge in [0.05, 0.1) is 31.5 Å². The third-order valence-electron chi connectivity index (χ3n) is 8.42. The molecule has 1 aromatic heterocycles. The Morgan fingerprint density at radius 2 is 1.66 bits per heavy atom. The molecule has 0 unspecified atom stereocenters. The summed E-state index contributed by atoms with van der Waals surface area (Å²) >= 11 is 1.72. The van der Waals surface area contributed by atoms with Crippen LogP contribution in [0.15, 0.2) is 126 Å². The van der Waals surface area contributed by atoms with Crippen molar-refractivity contribution in [1.82, 2.24) is 10.3 Å². The Morgan fingerprint density at radius 1 is 0.872 bits per heavy atom. The number of amides is 1. The van der Waals surface area contributed by atoms with Gasteiger partial charge in [-0.1, -0.05) is 85.8 Å². The van der Waals surface area contributed by atoms with Gasteiger partial charge in [0, 0.05) is 41.1 Å². The van der Waals surface area contributed by atoms with Crippen LogP contribution in [0.5, 0.6) is 5.75 Å². The normalized spacial score (nSPS) is 19.2. The van der Waals surface area contributed by atoms with Crippen LogP contribution in [0.4, 0.5) is 0 Å². The summed E-state index contributed by atoms with van der Waals surface area (Å²) < 4.78 is 18.9. The fourth-order valence-electron chi connectivity index (χ4n) is 5.69. The van der Waals surface area contributed by atoms with E-state index in [1.54, 1.807) is 43.4 Å². The maximum absolute atomic E-state index is 12.5. The summed E-state index contributed by atoms with van der Waals surface area (Å²) in [6, 6.07) is 35.9. The molecule has 5 aromatic rings. The standard InChI is InChI=1S/C39H38N2O5S/c1-26-35(25-47-36-11-4-3-10-34(36)44-2)45-39(46-37(26)30-14-12-27(24-42)13-15-30)31-18-16-29(17-19-31)32-8-5-7-28(21-32)22-41-38(43)33-9-6-20-40-23-33/h3-21,23,26,35,37,39,42H,22,24-25H2,1-2H3,(H,41,43)/t26-,35+,37+,39+/m1/s1. The number of carbonyl (C=O) groups excluding carboxylic acids is 1. The summed E-state index contributed by atoms with van der Waals surface area (Å²) in [5, 5.41) is 12.5. The molecule has 0 radical (unpaired) electrons. The van der Waals surface area contributed by atoms with Crippen LogP contribution >= 0.6 is 11.8 Å².